The number of carbonyl (C=O) groups excluding carboxylic acids is 2. The number of carbonyl (C=O) groups is 2. The molecule has 0 bridgehead atoms. The van der Waals surface area contributed by atoms with Gasteiger partial charge in [0.1, 0.15) is 5.76 Å². The van der Waals surface area contributed by atoms with Crippen molar-refractivity contribution in [2.24, 2.45) is 11.3 Å². The number of benzene rings is 1. The Kier molecular flexibility index (Phi) is 8.11. The zero-order valence-electron chi connectivity index (χ0n) is 17.3. The summed E-state index contributed by atoms with van der Waals surface area (Å²) >= 11 is 6.33. The first-order chi connectivity index (χ1) is 13.3. The molecule has 1 aliphatic rings. The van der Waals surface area contributed by atoms with Gasteiger partial charge in [0, 0.05) is 22.4 Å². The zero-order chi connectivity index (χ0) is 20.7. The molecule has 1 atom stereocenters. The van der Waals surface area contributed by atoms with E-state index in [4.69, 9.17) is 21.1 Å². The Balaban J connectivity index is 2.20. The van der Waals surface area contributed by atoms with Crippen LogP contribution in [0.25, 0.3) is 5.57 Å². The van der Waals surface area contributed by atoms with Crippen molar-refractivity contribution in [3.05, 3.63) is 40.6 Å². The summed E-state index contributed by atoms with van der Waals surface area (Å²) in [7, 11) is 0. The Morgan fingerprint density at radius 2 is 1.96 bits per heavy atom. The molecule has 4 nitrogen and oxygen atoms in total. The molecule has 0 aromatic heterocycles. The summed E-state index contributed by atoms with van der Waals surface area (Å²) in [5.74, 6) is 0.615. The third kappa shape index (κ3) is 5.60. The van der Waals surface area contributed by atoms with Crippen molar-refractivity contribution in [3.8, 4) is 0 Å². The maximum atomic E-state index is 13.1. The number of ether oxygens (including phenoxy) is 2. The smallest absolute Gasteiger partial charge is 0.434 e. The van der Waals surface area contributed by atoms with Gasteiger partial charge in [-0.15, -0.1) is 0 Å². The number of Topliss-reactive ketones (excluding diaryl/α,β-unsaturated/α-hetero) is 1. The standard InChI is InChI=1S/C23H31ClO4/c1-5-7-10-16(6-2)15-27-22(26)28-19-13-14-23(3,4)21(25)20(19)17-11-8-9-12-18(17)24/h8-9,11-12,16H,5-7,10,13-15H2,1-4H3. The van der Waals surface area contributed by atoms with Crippen molar-refractivity contribution < 1.29 is 19.1 Å². The second-order valence-electron chi connectivity index (χ2n) is 8.07. The molecule has 2 rings (SSSR count). The number of unbranched alkanes of at least 4 members (excludes halogenated alkanes) is 1. The van der Waals surface area contributed by atoms with Crippen LogP contribution in [0, 0.1) is 11.3 Å². The summed E-state index contributed by atoms with van der Waals surface area (Å²) in [6, 6.07) is 7.14. The van der Waals surface area contributed by atoms with Gasteiger partial charge in [0.15, 0.2) is 5.78 Å². The summed E-state index contributed by atoms with van der Waals surface area (Å²) < 4.78 is 10.9. The largest absolute Gasteiger partial charge is 0.513 e. The molecule has 0 N–H and O–H groups in total. The fourth-order valence-corrected chi connectivity index (χ4v) is 3.61. The van der Waals surface area contributed by atoms with Crippen LogP contribution in [-0.4, -0.2) is 18.5 Å². The number of hydrogen-bond donors (Lipinski definition) is 0. The van der Waals surface area contributed by atoms with Gasteiger partial charge in [0.2, 0.25) is 0 Å². The van der Waals surface area contributed by atoms with E-state index in [1.165, 1.54) is 0 Å². The van der Waals surface area contributed by atoms with E-state index >= 15 is 0 Å². The summed E-state index contributed by atoms with van der Waals surface area (Å²) in [4.78, 5) is 25.4. The summed E-state index contributed by atoms with van der Waals surface area (Å²) in [5, 5.41) is 0.462. The number of allylic oxidation sites excluding steroid dienone is 2. The highest BCUT2D eigenvalue weighted by Crippen LogP contribution is 2.42. The van der Waals surface area contributed by atoms with Crippen molar-refractivity contribution in [2.45, 2.75) is 66.2 Å². The fraction of sp³-hybridized carbons (Fsp3) is 0.565. The normalized spacial score (nSPS) is 17.4. The molecule has 1 unspecified atom stereocenters. The molecule has 0 saturated heterocycles. The van der Waals surface area contributed by atoms with Crippen LogP contribution in [0.1, 0.15) is 71.8 Å². The topological polar surface area (TPSA) is 52.6 Å². The number of hydrogen-bond acceptors (Lipinski definition) is 4. The number of rotatable bonds is 8. The van der Waals surface area contributed by atoms with Crippen LogP contribution >= 0.6 is 11.6 Å². The Morgan fingerprint density at radius 1 is 1.25 bits per heavy atom. The van der Waals surface area contributed by atoms with E-state index in [1.54, 1.807) is 18.2 Å². The molecule has 1 aliphatic carbocycles. The molecule has 0 fully saturated rings. The van der Waals surface area contributed by atoms with Gasteiger partial charge >= 0.3 is 6.16 Å². The molecule has 1 aromatic rings. The predicted molar refractivity (Wildman–Crippen MR) is 112 cm³/mol. The van der Waals surface area contributed by atoms with Crippen molar-refractivity contribution >= 4 is 29.1 Å². The first-order valence-electron chi connectivity index (χ1n) is 10.2. The molecule has 28 heavy (non-hydrogen) atoms. The lowest BCUT2D eigenvalue weighted by Crippen LogP contribution is -2.31. The third-order valence-corrected chi connectivity index (χ3v) is 5.76. The lowest BCUT2D eigenvalue weighted by Gasteiger charge is -2.31. The Hall–Kier alpha value is -1.81. The van der Waals surface area contributed by atoms with Crippen LogP contribution in [-0.2, 0) is 14.3 Å². The van der Waals surface area contributed by atoms with Crippen molar-refractivity contribution in [3.63, 3.8) is 0 Å². The molecule has 0 amide bonds. The van der Waals surface area contributed by atoms with Crippen molar-refractivity contribution in [1.82, 2.24) is 0 Å². The molecule has 0 heterocycles. The molecular weight excluding hydrogens is 376 g/mol. The first-order valence-corrected chi connectivity index (χ1v) is 10.5. The second-order valence-corrected chi connectivity index (χ2v) is 8.48. The average molecular weight is 407 g/mol. The Bertz CT molecular complexity index is 736. The maximum absolute atomic E-state index is 13.1. The van der Waals surface area contributed by atoms with Crippen molar-refractivity contribution in [1.29, 1.82) is 0 Å². The predicted octanol–water partition coefficient (Wildman–Crippen LogP) is 6.81. The molecule has 0 aliphatic heterocycles. The van der Waals surface area contributed by atoms with E-state index in [0.29, 0.717) is 47.3 Å². The highest BCUT2D eigenvalue weighted by Gasteiger charge is 2.39. The lowest BCUT2D eigenvalue weighted by molar-refractivity contribution is -0.122. The minimum absolute atomic E-state index is 0.0657. The second kappa shape index (κ2) is 10.1. The van der Waals surface area contributed by atoms with Crippen molar-refractivity contribution in [2.75, 3.05) is 6.61 Å². The van der Waals surface area contributed by atoms with Crippen LogP contribution in [0.2, 0.25) is 5.02 Å². The van der Waals surface area contributed by atoms with Gasteiger partial charge in [-0.3, -0.25) is 4.79 Å². The minimum Gasteiger partial charge on any atom is -0.434 e. The van der Waals surface area contributed by atoms with E-state index in [0.717, 1.165) is 25.7 Å². The van der Waals surface area contributed by atoms with E-state index in [1.807, 2.05) is 19.9 Å². The lowest BCUT2D eigenvalue weighted by atomic mass is 9.73. The zero-order valence-corrected chi connectivity index (χ0v) is 18.1. The molecular formula is C23H31ClO4. The summed E-state index contributed by atoms with van der Waals surface area (Å²) in [5.41, 5.74) is 0.453. The van der Waals surface area contributed by atoms with Gasteiger partial charge in [-0.05, 0) is 24.8 Å². The van der Waals surface area contributed by atoms with Crippen LogP contribution in [0.4, 0.5) is 4.79 Å². The summed E-state index contributed by atoms with van der Waals surface area (Å²) in [6.07, 6.45) is 4.56. The van der Waals surface area contributed by atoms with E-state index in [-0.39, 0.29) is 5.78 Å². The van der Waals surface area contributed by atoms with Gasteiger partial charge in [-0.2, -0.15) is 0 Å². The molecule has 1 aromatic carbocycles. The van der Waals surface area contributed by atoms with E-state index in [2.05, 4.69) is 13.8 Å². The monoisotopic (exact) mass is 406 g/mol. The SMILES string of the molecule is CCCCC(CC)COC(=O)OC1=C(c2ccccc2Cl)C(=O)C(C)(C)CC1. The number of halogens is 1. The van der Waals surface area contributed by atoms with Crippen LogP contribution < -0.4 is 0 Å². The van der Waals surface area contributed by atoms with Crippen LogP contribution in [0.5, 0.6) is 0 Å². The quantitative estimate of drug-likeness (QED) is 0.445. The third-order valence-electron chi connectivity index (χ3n) is 5.43. The molecule has 0 radical (unpaired) electrons. The van der Waals surface area contributed by atoms with Crippen LogP contribution in [0.3, 0.4) is 0 Å². The van der Waals surface area contributed by atoms with Gasteiger partial charge in [-0.25, -0.2) is 4.79 Å². The van der Waals surface area contributed by atoms with Gasteiger partial charge < -0.3 is 9.47 Å². The summed E-state index contributed by atoms with van der Waals surface area (Å²) in [6.45, 7) is 8.38. The average Bonchev–Trinajstić information content (AvgIpc) is 2.66. The highest BCUT2D eigenvalue weighted by molar-refractivity contribution is 6.35. The van der Waals surface area contributed by atoms with Crippen LogP contribution in [0.15, 0.2) is 30.0 Å². The minimum atomic E-state index is -0.748. The maximum Gasteiger partial charge on any atom is 0.513 e. The van der Waals surface area contributed by atoms with Gasteiger partial charge in [-0.1, -0.05) is 76.8 Å². The van der Waals surface area contributed by atoms with E-state index < -0.39 is 11.6 Å². The molecule has 0 spiro atoms. The first kappa shape index (κ1) is 22.5. The molecule has 154 valence electrons. The Morgan fingerprint density at radius 3 is 2.61 bits per heavy atom. The number of ketones is 1. The highest BCUT2D eigenvalue weighted by atomic mass is 35.5. The van der Waals surface area contributed by atoms with Gasteiger partial charge in [0.05, 0.1) is 12.2 Å². The van der Waals surface area contributed by atoms with Gasteiger partial charge in [0.25, 0.3) is 0 Å². The Labute approximate surface area is 173 Å². The molecule has 5 heteroatoms. The molecule has 0 saturated carbocycles. The van der Waals surface area contributed by atoms with E-state index in [9.17, 15) is 9.59 Å². The fourth-order valence-electron chi connectivity index (χ4n) is 3.38.